The van der Waals surface area contributed by atoms with E-state index < -0.39 is 0 Å². The number of nitrogens with one attached hydrogen (secondary N) is 2. The summed E-state index contributed by atoms with van der Waals surface area (Å²) in [4.78, 5) is 19.3. The van der Waals surface area contributed by atoms with Gasteiger partial charge >= 0.3 is 0 Å². The lowest BCUT2D eigenvalue weighted by Crippen LogP contribution is -2.25. The molecule has 0 saturated carbocycles. The molecule has 3 rings (SSSR count). The molecule has 0 radical (unpaired) electrons. The number of carbonyl (C=O) groups is 1. The van der Waals surface area contributed by atoms with Crippen molar-refractivity contribution in [3.8, 4) is 0 Å². The largest absolute Gasteiger partial charge is 0.357 e. The summed E-state index contributed by atoms with van der Waals surface area (Å²) in [7, 11) is 0. The first kappa shape index (κ1) is 18.4. The summed E-state index contributed by atoms with van der Waals surface area (Å²) >= 11 is 0. The van der Waals surface area contributed by atoms with Crippen LogP contribution in [0.2, 0.25) is 0 Å². The number of aromatic nitrogens is 1. The molecule has 1 amide bonds. The van der Waals surface area contributed by atoms with Gasteiger partial charge in [-0.1, -0.05) is 31.9 Å². The summed E-state index contributed by atoms with van der Waals surface area (Å²) < 4.78 is 0. The van der Waals surface area contributed by atoms with Gasteiger partial charge in [0, 0.05) is 31.5 Å². The van der Waals surface area contributed by atoms with Crippen LogP contribution in [0.3, 0.4) is 0 Å². The quantitative estimate of drug-likeness (QED) is 0.830. The highest BCUT2D eigenvalue weighted by atomic mass is 16.1. The van der Waals surface area contributed by atoms with Crippen LogP contribution in [0.15, 0.2) is 42.6 Å². The molecule has 1 aliphatic rings. The average Bonchev–Trinajstić information content (AvgIpc) is 2.96. The zero-order valence-electron chi connectivity index (χ0n) is 15.5. The molecule has 2 heterocycles. The van der Waals surface area contributed by atoms with E-state index in [4.69, 9.17) is 0 Å². The van der Waals surface area contributed by atoms with Crippen molar-refractivity contribution in [2.24, 2.45) is 0 Å². The monoisotopic (exact) mass is 352 g/mol. The summed E-state index contributed by atoms with van der Waals surface area (Å²) in [5.41, 5.74) is 2.54. The first-order valence-corrected chi connectivity index (χ1v) is 9.58. The summed E-state index contributed by atoms with van der Waals surface area (Å²) in [5.74, 6) is 0.844. The maximum atomic E-state index is 12.5. The molecule has 138 valence electrons. The minimum Gasteiger partial charge on any atom is -0.357 e. The highest BCUT2D eigenvalue weighted by Crippen LogP contribution is 2.18. The number of carbonyl (C=O) groups excluding carboxylic acids is 1. The van der Waals surface area contributed by atoms with Crippen molar-refractivity contribution in [1.82, 2.24) is 10.3 Å². The molecule has 1 saturated heterocycles. The predicted molar refractivity (Wildman–Crippen MR) is 107 cm³/mol. The van der Waals surface area contributed by atoms with E-state index in [9.17, 15) is 4.79 Å². The molecule has 5 nitrogen and oxygen atoms in total. The molecular weight excluding hydrogens is 324 g/mol. The molecule has 0 bridgehead atoms. The Morgan fingerprint density at radius 3 is 2.62 bits per heavy atom. The lowest BCUT2D eigenvalue weighted by Gasteiger charge is -2.21. The van der Waals surface area contributed by atoms with Gasteiger partial charge in [-0.25, -0.2) is 4.98 Å². The number of hydrogen-bond acceptors (Lipinski definition) is 4. The van der Waals surface area contributed by atoms with Gasteiger partial charge in [0.05, 0.1) is 5.56 Å². The van der Waals surface area contributed by atoms with Crippen LogP contribution in [0.1, 0.15) is 48.5 Å². The number of pyridine rings is 1. The number of benzene rings is 1. The molecule has 0 unspecified atom stereocenters. The highest BCUT2D eigenvalue weighted by Gasteiger charge is 2.12. The second-order valence-corrected chi connectivity index (χ2v) is 6.74. The zero-order valence-corrected chi connectivity index (χ0v) is 15.5. The smallest absolute Gasteiger partial charge is 0.257 e. The fourth-order valence-corrected chi connectivity index (χ4v) is 3.24. The fraction of sp³-hybridized carbons (Fsp3) is 0.429. The number of hydrogen-bond donors (Lipinski definition) is 2. The molecule has 2 aromatic rings. The lowest BCUT2D eigenvalue weighted by atomic mass is 10.2. The second kappa shape index (κ2) is 9.34. The normalized spacial score (nSPS) is 14.7. The molecule has 0 aliphatic carbocycles. The summed E-state index contributed by atoms with van der Waals surface area (Å²) in [5, 5.41) is 6.25. The van der Waals surface area contributed by atoms with Crippen LogP contribution in [-0.4, -0.2) is 30.5 Å². The Hall–Kier alpha value is -2.40. The number of rotatable bonds is 6. The molecule has 26 heavy (non-hydrogen) atoms. The molecular formula is C21H28N4O. The minimum atomic E-state index is -0.125. The lowest BCUT2D eigenvalue weighted by molar-refractivity contribution is 0.102. The average molecular weight is 352 g/mol. The number of amides is 1. The van der Waals surface area contributed by atoms with E-state index in [1.807, 2.05) is 30.3 Å². The van der Waals surface area contributed by atoms with E-state index in [-0.39, 0.29) is 5.91 Å². The minimum absolute atomic E-state index is 0.125. The maximum absolute atomic E-state index is 12.5. The van der Waals surface area contributed by atoms with Crippen molar-refractivity contribution in [2.75, 3.05) is 29.9 Å². The standard InChI is InChI=1S/C21H28N4O/c1-2-22-15-17-8-7-9-19(14-17)24-21(26)18-10-11-20(23-16-18)25-12-5-3-4-6-13-25/h7-11,14,16,22H,2-6,12-13,15H2,1H3,(H,24,26). The Labute approximate surface area is 155 Å². The molecule has 0 spiro atoms. The van der Waals surface area contributed by atoms with E-state index in [2.05, 4.69) is 33.5 Å². The Balaban J connectivity index is 1.62. The molecule has 2 N–H and O–H groups in total. The van der Waals surface area contributed by atoms with Gasteiger partial charge in [0.2, 0.25) is 0 Å². The van der Waals surface area contributed by atoms with E-state index in [0.717, 1.165) is 43.2 Å². The Bertz CT molecular complexity index is 706. The van der Waals surface area contributed by atoms with Crippen molar-refractivity contribution >= 4 is 17.4 Å². The van der Waals surface area contributed by atoms with Crippen LogP contribution >= 0.6 is 0 Å². The third kappa shape index (κ3) is 5.05. The molecule has 1 aliphatic heterocycles. The van der Waals surface area contributed by atoms with Crippen LogP contribution in [0.4, 0.5) is 11.5 Å². The highest BCUT2D eigenvalue weighted by molar-refractivity contribution is 6.04. The van der Waals surface area contributed by atoms with Crippen LogP contribution in [-0.2, 0) is 6.54 Å². The molecule has 1 aromatic carbocycles. The summed E-state index contributed by atoms with van der Waals surface area (Å²) in [6.07, 6.45) is 6.70. The molecule has 1 fully saturated rings. The van der Waals surface area contributed by atoms with Gasteiger partial charge < -0.3 is 15.5 Å². The van der Waals surface area contributed by atoms with Gasteiger partial charge in [-0.05, 0) is 49.2 Å². The third-order valence-electron chi connectivity index (χ3n) is 4.70. The number of anilines is 2. The van der Waals surface area contributed by atoms with Crippen molar-refractivity contribution in [3.63, 3.8) is 0 Å². The predicted octanol–water partition coefficient (Wildman–Crippen LogP) is 3.82. The fourth-order valence-electron chi connectivity index (χ4n) is 3.24. The van der Waals surface area contributed by atoms with Gasteiger partial charge in [-0.2, -0.15) is 0 Å². The Morgan fingerprint density at radius 1 is 1.12 bits per heavy atom. The first-order chi connectivity index (χ1) is 12.8. The molecule has 1 aromatic heterocycles. The summed E-state index contributed by atoms with van der Waals surface area (Å²) in [6.45, 7) is 5.90. The van der Waals surface area contributed by atoms with Crippen molar-refractivity contribution in [1.29, 1.82) is 0 Å². The van der Waals surface area contributed by atoms with Crippen LogP contribution in [0.5, 0.6) is 0 Å². The Morgan fingerprint density at radius 2 is 1.92 bits per heavy atom. The molecule has 0 atom stereocenters. The van der Waals surface area contributed by atoms with Gasteiger partial charge in [0.1, 0.15) is 5.82 Å². The van der Waals surface area contributed by atoms with E-state index in [1.54, 1.807) is 6.20 Å². The van der Waals surface area contributed by atoms with Crippen LogP contribution in [0, 0.1) is 0 Å². The van der Waals surface area contributed by atoms with Gasteiger partial charge in [0.15, 0.2) is 0 Å². The SMILES string of the molecule is CCNCc1cccc(NC(=O)c2ccc(N3CCCCCC3)nc2)c1. The van der Waals surface area contributed by atoms with Gasteiger partial charge in [-0.3, -0.25) is 4.79 Å². The maximum Gasteiger partial charge on any atom is 0.257 e. The van der Waals surface area contributed by atoms with Gasteiger partial charge in [0.25, 0.3) is 5.91 Å². The van der Waals surface area contributed by atoms with Crippen LogP contribution < -0.4 is 15.5 Å². The summed E-state index contributed by atoms with van der Waals surface area (Å²) in [6, 6.07) is 11.7. The first-order valence-electron chi connectivity index (χ1n) is 9.58. The Kier molecular flexibility index (Phi) is 6.61. The molecule has 5 heteroatoms. The van der Waals surface area contributed by atoms with E-state index >= 15 is 0 Å². The van der Waals surface area contributed by atoms with E-state index in [1.165, 1.54) is 25.7 Å². The van der Waals surface area contributed by atoms with Crippen molar-refractivity contribution in [2.45, 2.75) is 39.2 Å². The van der Waals surface area contributed by atoms with E-state index in [0.29, 0.717) is 5.56 Å². The van der Waals surface area contributed by atoms with Crippen LogP contribution in [0.25, 0.3) is 0 Å². The number of nitrogens with zero attached hydrogens (tertiary/aromatic N) is 2. The van der Waals surface area contributed by atoms with Crippen molar-refractivity contribution in [3.05, 3.63) is 53.7 Å². The zero-order chi connectivity index (χ0) is 18.2. The second-order valence-electron chi connectivity index (χ2n) is 6.74. The van der Waals surface area contributed by atoms with Gasteiger partial charge in [-0.15, -0.1) is 0 Å². The van der Waals surface area contributed by atoms with Crippen molar-refractivity contribution < 1.29 is 4.79 Å². The topological polar surface area (TPSA) is 57.3 Å². The third-order valence-corrected chi connectivity index (χ3v) is 4.70.